The molecule has 0 aliphatic carbocycles. The van der Waals surface area contributed by atoms with Crippen LogP contribution in [0, 0.1) is 0 Å². The molecule has 0 bridgehead atoms. The molecule has 0 radical (unpaired) electrons. The van der Waals surface area contributed by atoms with Crippen LogP contribution in [0.1, 0.15) is 6.04 Å². The minimum absolute atomic E-state index is 0.383. The molecule has 4 nitrogen and oxygen atoms in total. The van der Waals surface area contributed by atoms with Gasteiger partial charge in [0.05, 0.1) is 19.3 Å². The van der Waals surface area contributed by atoms with E-state index in [4.69, 9.17) is 4.74 Å². The number of rotatable bonds is 1. The van der Waals surface area contributed by atoms with E-state index in [9.17, 15) is 0 Å². The maximum Gasteiger partial charge on any atom is 0.201 e. The van der Waals surface area contributed by atoms with Crippen molar-refractivity contribution in [1.82, 2.24) is 14.8 Å². The van der Waals surface area contributed by atoms with Gasteiger partial charge in [-0.3, -0.25) is 4.57 Å². The second-order valence-electron chi connectivity index (χ2n) is 2.30. The summed E-state index contributed by atoms with van der Waals surface area (Å²) in [6, 6.07) is 0.383. The van der Waals surface area contributed by atoms with Crippen LogP contribution >= 0.6 is 31.9 Å². The largest absolute Gasteiger partial charge is 0.377 e. The van der Waals surface area contributed by atoms with Crippen LogP contribution in [0.15, 0.2) is 9.47 Å². The molecule has 1 aliphatic rings. The van der Waals surface area contributed by atoms with Gasteiger partial charge in [0.2, 0.25) is 9.47 Å². The van der Waals surface area contributed by atoms with E-state index in [1.807, 2.05) is 4.57 Å². The van der Waals surface area contributed by atoms with Gasteiger partial charge in [0.15, 0.2) is 0 Å². The zero-order chi connectivity index (χ0) is 7.84. The number of aromatic nitrogens is 3. The minimum Gasteiger partial charge on any atom is -0.377 e. The van der Waals surface area contributed by atoms with Crippen molar-refractivity contribution in [3.8, 4) is 0 Å². The van der Waals surface area contributed by atoms with Crippen LogP contribution in [0.3, 0.4) is 0 Å². The fraction of sp³-hybridized carbons (Fsp3) is 0.600. The summed E-state index contributed by atoms with van der Waals surface area (Å²) in [4.78, 5) is 0. The van der Waals surface area contributed by atoms with Gasteiger partial charge in [0.1, 0.15) is 0 Å². The lowest BCUT2D eigenvalue weighted by atomic mass is 10.3. The van der Waals surface area contributed by atoms with Crippen LogP contribution < -0.4 is 0 Å². The van der Waals surface area contributed by atoms with Crippen molar-refractivity contribution < 1.29 is 4.74 Å². The maximum absolute atomic E-state index is 5.05. The molecule has 2 rings (SSSR count). The van der Waals surface area contributed by atoms with Crippen LogP contribution in [0.5, 0.6) is 0 Å². The molecule has 2 heterocycles. The highest BCUT2D eigenvalue weighted by Crippen LogP contribution is 2.25. The van der Waals surface area contributed by atoms with Crippen LogP contribution in [-0.2, 0) is 4.74 Å². The van der Waals surface area contributed by atoms with Crippen LogP contribution in [0.2, 0.25) is 0 Å². The third-order valence-electron chi connectivity index (χ3n) is 1.60. The van der Waals surface area contributed by atoms with Crippen molar-refractivity contribution in [3.05, 3.63) is 9.47 Å². The zero-order valence-electron chi connectivity index (χ0n) is 5.50. The lowest BCUT2D eigenvalue weighted by Gasteiger charge is -2.27. The van der Waals surface area contributed by atoms with Crippen LogP contribution in [-0.4, -0.2) is 28.0 Å². The predicted molar refractivity (Wildman–Crippen MR) is 45.3 cm³/mol. The smallest absolute Gasteiger partial charge is 0.201 e. The molecule has 0 amide bonds. The predicted octanol–water partition coefficient (Wildman–Crippen LogP) is 1.37. The highest BCUT2D eigenvalue weighted by atomic mass is 79.9. The van der Waals surface area contributed by atoms with E-state index in [0.29, 0.717) is 6.04 Å². The lowest BCUT2D eigenvalue weighted by Crippen LogP contribution is -2.30. The molecule has 1 aromatic rings. The number of hydrogen-bond acceptors (Lipinski definition) is 3. The highest BCUT2D eigenvalue weighted by molar-refractivity contribution is 9.11. The van der Waals surface area contributed by atoms with E-state index in [0.717, 1.165) is 22.7 Å². The molecule has 0 atom stereocenters. The van der Waals surface area contributed by atoms with E-state index in [1.54, 1.807) is 0 Å². The Kier molecular flexibility index (Phi) is 1.98. The van der Waals surface area contributed by atoms with E-state index in [2.05, 4.69) is 42.1 Å². The monoisotopic (exact) mass is 281 g/mol. The van der Waals surface area contributed by atoms with Gasteiger partial charge in [-0.25, -0.2) is 0 Å². The summed E-state index contributed by atoms with van der Waals surface area (Å²) in [7, 11) is 0. The van der Waals surface area contributed by atoms with Gasteiger partial charge in [-0.1, -0.05) is 0 Å². The summed E-state index contributed by atoms with van der Waals surface area (Å²) in [6.07, 6.45) is 0. The Hall–Kier alpha value is 0.0600. The molecule has 60 valence electrons. The lowest BCUT2D eigenvalue weighted by molar-refractivity contribution is -0.0254. The zero-order valence-corrected chi connectivity index (χ0v) is 8.67. The summed E-state index contributed by atoms with van der Waals surface area (Å²) in [5.41, 5.74) is 0. The maximum atomic E-state index is 5.05. The summed E-state index contributed by atoms with van der Waals surface area (Å²) >= 11 is 6.59. The SMILES string of the molecule is Brc1nnc(Br)n1C1COC1. The number of hydrogen-bond donors (Lipinski definition) is 0. The Morgan fingerprint density at radius 2 is 1.82 bits per heavy atom. The molecule has 6 heteroatoms. The first-order chi connectivity index (χ1) is 5.29. The van der Waals surface area contributed by atoms with Crippen molar-refractivity contribution >= 4 is 31.9 Å². The van der Waals surface area contributed by atoms with Crippen molar-refractivity contribution in [2.75, 3.05) is 13.2 Å². The first-order valence-corrected chi connectivity index (χ1v) is 4.71. The van der Waals surface area contributed by atoms with Gasteiger partial charge in [-0.15, -0.1) is 10.2 Å². The van der Waals surface area contributed by atoms with Crippen LogP contribution in [0.25, 0.3) is 0 Å². The molecular weight excluding hydrogens is 278 g/mol. The Labute approximate surface area is 80.2 Å². The number of nitrogens with zero attached hydrogens (tertiary/aromatic N) is 3. The Balaban J connectivity index is 2.33. The third-order valence-corrected chi connectivity index (χ3v) is 2.68. The average Bonchev–Trinajstić information content (AvgIpc) is 2.15. The van der Waals surface area contributed by atoms with Gasteiger partial charge in [0, 0.05) is 0 Å². The fourth-order valence-electron chi connectivity index (χ4n) is 0.929. The van der Waals surface area contributed by atoms with E-state index in [-0.39, 0.29) is 0 Å². The fourth-order valence-corrected chi connectivity index (χ4v) is 2.24. The first-order valence-electron chi connectivity index (χ1n) is 3.12. The van der Waals surface area contributed by atoms with Gasteiger partial charge in [-0.05, 0) is 31.9 Å². The quantitative estimate of drug-likeness (QED) is 0.781. The van der Waals surface area contributed by atoms with E-state index < -0.39 is 0 Å². The molecule has 1 aliphatic heterocycles. The molecule has 1 saturated heterocycles. The molecule has 0 N–H and O–H groups in total. The Morgan fingerprint density at radius 1 is 1.27 bits per heavy atom. The molecule has 0 saturated carbocycles. The summed E-state index contributed by atoms with van der Waals surface area (Å²) in [6.45, 7) is 1.49. The van der Waals surface area contributed by atoms with Gasteiger partial charge >= 0.3 is 0 Å². The number of halogens is 2. The van der Waals surface area contributed by atoms with Crippen molar-refractivity contribution in [3.63, 3.8) is 0 Å². The topological polar surface area (TPSA) is 39.9 Å². The molecular formula is C5H5Br2N3O. The third kappa shape index (κ3) is 1.23. The highest BCUT2D eigenvalue weighted by Gasteiger charge is 2.24. The Bertz CT molecular complexity index is 251. The summed E-state index contributed by atoms with van der Waals surface area (Å²) < 4.78 is 8.51. The molecule has 0 aromatic carbocycles. The molecule has 0 spiro atoms. The first kappa shape index (κ1) is 7.70. The second kappa shape index (κ2) is 2.84. The van der Waals surface area contributed by atoms with Crippen LogP contribution in [0.4, 0.5) is 0 Å². The van der Waals surface area contributed by atoms with Crippen molar-refractivity contribution in [2.24, 2.45) is 0 Å². The van der Waals surface area contributed by atoms with Gasteiger partial charge in [-0.2, -0.15) is 0 Å². The molecule has 0 unspecified atom stereocenters. The standard InChI is InChI=1S/C5H5Br2N3O/c6-4-8-9-5(7)10(4)3-1-11-2-3/h3H,1-2H2. The summed E-state index contributed by atoms with van der Waals surface area (Å²) in [5.74, 6) is 0. The Morgan fingerprint density at radius 3 is 2.18 bits per heavy atom. The molecule has 1 fully saturated rings. The molecule has 1 aromatic heterocycles. The van der Waals surface area contributed by atoms with Gasteiger partial charge in [0.25, 0.3) is 0 Å². The minimum atomic E-state index is 0.383. The van der Waals surface area contributed by atoms with Crippen molar-refractivity contribution in [2.45, 2.75) is 6.04 Å². The second-order valence-corrected chi connectivity index (χ2v) is 3.72. The summed E-state index contributed by atoms with van der Waals surface area (Å²) in [5, 5.41) is 7.69. The van der Waals surface area contributed by atoms with Gasteiger partial charge < -0.3 is 4.74 Å². The normalized spacial score (nSPS) is 18.4. The van der Waals surface area contributed by atoms with E-state index in [1.165, 1.54) is 0 Å². The van der Waals surface area contributed by atoms with Crippen molar-refractivity contribution in [1.29, 1.82) is 0 Å². The number of ether oxygens (including phenoxy) is 1. The molecule has 11 heavy (non-hydrogen) atoms. The van der Waals surface area contributed by atoms with E-state index >= 15 is 0 Å². The average molecular weight is 283 g/mol.